The van der Waals surface area contributed by atoms with Gasteiger partial charge < -0.3 is 14.9 Å². The van der Waals surface area contributed by atoms with Crippen molar-refractivity contribution < 1.29 is 14.9 Å². The molecule has 1 aromatic rings. The Labute approximate surface area is 84.0 Å². The smallest absolute Gasteiger partial charge is 0.125 e. The molecular formula is C11H16O3. The first kappa shape index (κ1) is 11.0. The lowest BCUT2D eigenvalue weighted by atomic mass is 10.0. The Balaban J connectivity index is 2.94. The van der Waals surface area contributed by atoms with Gasteiger partial charge in [0.2, 0.25) is 0 Å². The molecule has 0 aliphatic rings. The molecule has 0 radical (unpaired) electrons. The first-order valence-corrected chi connectivity index (χ1v) is 4.74. The summed E-state index contributed by atoms with van der Waals surface area (Å²) in [5.74, 6) is 0.628. The van der Waals surface area contributed by atoms with E-state index in [1.165, 1.54) is 0 Å². The van der Waals surface area contributed by atoms with Gasteiger partial charge in [-0.2, -0.15) is 0 Å². The van der Waals surface area contributed by atoms with Gasteiger partial charge in [0.1, 0.15) is 11.9 Å². The van der Waals surface area contributed by atoms with Crippen LogP contribution >= 0.6 is 0 Å². The van der Waals surface area contributed by atoms with E-state index in [9.17, 15) is 10.2 Å². The van der Waals surface area contributed by atoms with Crippen LogP contribution in [0.15, 0.2) is 24.3 Å². The Kier molecular flexibility index (Phi) is 3.92. The molecule has 2 atom stereocenters. The van der Waals surface area contributed by atoms with Crippen molar-refractivity contribution in [1.29, 1.82) is 0 Å². The van der Waals surface area contributed by atoms with Crippen molar-refractivity contribution in [2.24, 2.45) is 0 Å². The van der Waals surface area contributed by atoms with Gasteiger partial charge in [0, 0.05) is 5.56 Å². The minimum Gasteiger partial charge on any atom is -0.493 e. The minimum absolute atomic E-state index is 0.545. The lowest BCUT2D eigenvalue weighted by Gasteiger charge is -2.17. The molecule has 2 unspecified atom stereocenters. The highest BCUT2D eigenvalue weighted by molar-refractivity contribution is 5.35. The lowest BCUT2D eigenvalue weighted by Crippen LogP contribution is -2.14. The fourth-order valence-corrected chi connectivity index (χ4v) is 1.27. The van der Waals surface area contributed by atoms with E-state index >= 15 is 0 Å². The first-order valence-electron chi connectivity index (χ1n) is 4.74. The highest BCUT2D eigenvalue weighted by Gasteiger charge is 2.17. The maximum absolute atomic E-state index is 9.68. The molecule has 0 aromatic heterocycles. The third-order valence-corrected chi connectivity index (χ3v) is 1.99. The van der Waals surface area contributed by atoms with Gasteiger partial charge in [0.15, 0.2) is 0 Å². The Morgan fingerprint density at radius 3 is 2.50 bits per heavy atom. The largest absolute Gasteiger partial charge is 0.493 e. The van der Waals surface area contributed by atoms with E-state index in [-0.39, 0.29) is 0 Å². The summed E-state index contributed by atoms with van der Waals surface area (Å²) in [6, 6.07) is 7.18. The van der Waals surface area contributed by atoms with Gasteiger partial charge in [-0.05, 0) is 19.9 Å². The van der Waals surface area contributed by atoms with Gasteiger partial charge in [-0.3, -0.25) is 0 Å². The van der Waals surface area contributed by atoms with Gasteiger partial charge >= 0.3 is 0 Å². The second-order valence-corrected chi connectivity index (χ2v) is 3.16. The highest BCUT2D eigenvalue weighted by atomic mass is 16.5. The van der Waals surface area contributed by atoms with Crippen molar-refractivity contribution in [2.45, 2.75) is 26.1 Å². The monoisotopic (exact) mass is 196 g/mol. The predicted molar refractivity (Wildman–Crippen MR) is 54.3 cm³/mol. The Morgan fingerprint density at radius 2 is 1.93 bits per heavy atom. The fourth-order valence-electron chi connectivity index (χ4n) is 1.27. The van der Waals surface area contributed by atoms with Crippen molar-refractivity contribution in [3.05, 3.63) is 29.8 Å². The zero-order valence-electron chi connectivity index (χ0n) is 8.47. The number of benzene rings is 1. The van der Waals surface area contributed by atoms with Crippen LogP contribution in [0.3, 0.4) is 0 Å². The molecule has 1 rings (SSSR count). The molecule has 0 fully saturated rings. The third kappa shape index (κ3) is 2.47. The molecule has 0 saturated heterocycles. The maximum atomic E-state index is 9.68. The number of ether oxygens (including phenoxy) is 1. The van der Waals surface area contributed by atoms with Gasteiger partial charge in [-0.15, -0.1) is 0 Å². The van der Waals surface area contributed by atoms with Crippen molar-refractivity contribution in [3.8, 4) is 5.75 Å². The van der Waals surface area contributed by atoms with Crippen molar-refractivity contribution in [1.82, 2.24) is 0 Å². The zero-order valence-corrected chi connectivity index (χ0v) is 8.47. The first-order chi connectivity index (χ1) is 6.66. The van der Waals surface area contributed by atoms with E-state index in [1.54, 1.807) is 19.1 Å². The predicted octanol–water partition coefficient (Wildman–Crippen LogP) is 1.50. The van der Waals surface area contributed by atoms with E-state index in [4.69, 9.17) is 4.74 Å². The van der Waals surface area contributed by atoms with E-state index in [1.807, 2.05) is 19.1 Å². The van der Waals surface area contributed by atoms with Crippen LogP contribution in [0.25, 0.3) is 0 Å². The summed E-state index contributed by atoms with van der Waals surface area (Å²) < 4.78 is 5.34. The Bertz CT molecular complexity index is 284. The molecule has 2 N–H and O–H groups in total. The Hall–Kier alpha value is -1.06. The number of aliphatic hydroxyl groups excluding tert-OH is 2. The molecule has 0 aliphatic carbocycles. The average molecular weight is 196 g/mol. The summed E-state index contributed by atoms with van der Waals surface area (Å²) in [7, 11) is 0. The molecule has 3 nitrogen and oxygen atoms in total. The minimum atomic E-state index is -0.891. The van der Waals surface area contributed by atoms with E-state index in [0.717, 1.165) is 0 Å². The van der Waals surface area contributed by atoms with Gasteiger partial charge in [0.25, 0.3) is 0 Å². The van der Waals surface area contributed by atoms with Crippen molar-refractivity contribution in [2.75, 3.05) is 6.61 Å². The normalized spacial score (nSPS) is 14.9. The van der Waals surface area contributed by atoms with Gasteiger partial charge in [-0.25, -0.2) is 0 Å². The molecule has 3 heteroatoms. The summed E-state index contributed by atoms with van der Waals surface area (Å²) in [6.45, 7) is 3.97. The summed E-state index contributed by atoms with van der Waals surface area (Å²) >= 11 is 0. The number of para-hydroxylation sites is 1. The summed E-state index contributed by atoms with van der Waals surface area (Å²) in [6.07, 6.45) is -1.69. The number of hydrogen-bond acceptors (Lipinski definition) is 3. The van der Waals surface area contributed by atoms with Crippen LogP contribution in [-0.2, 0) is 0 Å². The molecule has 78 valence electrons. The van der Waals surface area contributed by atoms with Crippen LogP contribution in [0.4, 0.5) is 0 Å². The lowest BCUT2D eigenvalue weighted by molar-refractivity contribution is 0.0287. The van der Waals surface area contributed by atoms with E-state index in [2.05, 4.69) is 0 Å². The third-order valence-electron chi connectivity index (χ3n) is 1.99. The van der Waals surface area contributed by atoms with Crippen LogP contribution in [0.1, 0.15) is 25.5 Å². The molecule has 14 heavy (non-hydrogen) atoms. The second kappa shape index (κ2) is 4.98. The Morgan fingerprint density at radius 1 is 1.29 bits per heavy atom. The average Bonchev–Trinajstić information content (AvgIpc) is 2.18. The number of aliphatic hydroxyl groups is 2. The van der Waals surface area contributed by atoms with Crippen LogP contribution in [0.2, 0.25) is 0 Å². The van der Waals surface area contributed by atoms with Crippen LogP contribution in [0.5, 0.6) is 5.75 Å². The fraction of sp³-hybridized carbons (Fsp3) is 0.455. The molecule has 0 spiro atoms. The summed E-state index contributed by atoms with van der Waals surface area (Å²) in [5, 5.41) is 18.9. The SMILES string of the molecule is CCOc1ccccc1C(O)C(C)O. The molecular weight excluding hydrogens is 180 g/mol. The van der Waals surface area contributed by atoms with Crippen LogP contribution in [-0.4, -0.2) is 22.9 Å². The zero-order chi connectivity index (χ0) is 10.6. The molecule has 0 bridgehead atoms. The van der Waals surface area contributed by atoms with Crippen LogP contribution in [0, 0.1) is 0 Å². The second-order valence-electron chi connectivity index (χ2n) is 3.16. The van der Waals surface area contributed by atoms with Crippen molar-refractivity contribution in [3.63, 3.8) is 0 Å². The molecule has 0 amide bonds. The molecule has 0 aliphatic heterocycles. The standard InChI is InChI=1S/C11H16O3/c1-3-14-10-7-5-4-6-9(10)11(13)8(2)12/h4-8,11-13H,3H2,1-2H3. The topological polar surface area (TPSA) is 49.7 Å². The number of rotatable bonds is 4. The van der Waals surface area contributed by atoms with Crippen molar-refractivity contribution >= 4 is 0 Å². The maximum Gasteiger partial charge on any atom is 0.125 e. The summed E-state index contributed by atoms with van der Waals surface area (Å²) in [5.41, 5.74) is 0.629. The summed E-state index contributed by atoms with van der Waals surface area (Å²) in [4.78, 5) is 0. The molecule has 0 heterocycles. The molecule has 1 aromatic carbocycles. The van der Waals surface area contributed by atoms with E-state index < -0.39 is 12.2 Å². The van der Waals surface area contributed by atoms with Gasteiger partial charge in [-0.1, -0.05) is 18.2 Å². The number of hydrogen-bond donors (Lipinski definition) is 2. The molecule has 0 saturated carbocycles. The van der Waals surface area contributed by atoms with Crippen LogP contribution < -0.4 is 4.74 Å². The highest BCUT2D eigenvalue weighted by Crippen LogP contribution is 2.26. The van der Waals surface area contributed by atoms with E-state index in [0.29, 0.717) is 17.9 Å². The quantitative estimate of drug-likeness (QED) is 0.767. The van der Waals surface area contributed by atoms with Gasteiger partial charge in [0.05, 0.1) is 12.7 Å².